The molecular formula is C11H14N2O2. The molecule has 0 aromatic carbocycles. The van der Waals surface area contributed by atoms with Gasteiger partial charge >= 0.3 is 5.97 Å². The van der Waals surface area contributed by atoms with Gasteiger partial charge < -0.3 is 5.11 Å². The molecule has 2 aliphatic rings. The van der Waals surface area contributed by atoms with Crippen molar-refractivity contribution in [3.05, 3.63) is 18.0 Å². The van der Waals surface area contributed by atoms with Gasteiger partial charge in [-0.05, 0) is 37.5 Å². The lowest BCUT2D eigenvalue weighted by atomic mass is 10.1. The van der Waals surface area contributed by atoms with Crippen LogP contribution in [0.4, 0.5) is 0 Å². The van der Waals surface area contributed by atoms with E-state index in [2.05, 4.69) is 5.10 Å². The van der Waals surface area contributed by atoms with Crippen LogP contribution in [0.5, 0.6) is 0 Å². The maximum atomic E-state index is 10.8. The van der Waals surface area contributed by atoms with Crippen molar-refractivity contribution in [3.63, 3.8) is 0 Å². The fourth-order valence-electron chi connectivity index (χ4n) is 2.30. The number of aromatic nitrogens is 2. The molecular weight excluding hydrogens is 192 g/mol. The standard InChI is InChI=1S/C11H14N2O2/c14-11(15)9-5-12-13(6-9)10(7-1-2-7)8-3-4-8/h5-8,10H,1-4H2,(H,14,15). The number of rotatable bonds is 4. The lowest BCUT2D eigenvalue weighted by Gasteiger charge is -2.15. The van der Waals surface area contributed by atoms with Gasteiger partial charge in [0.05, 0.1) is 17.8 Å². The van der Waals surface area contributed by atoms with Crippen LogP contribution in [-0.2, 0) is 0 Å². The third-order valence-corrected chi connectivity index (χ3v) is 3.36. The number of carboxylic acid groups (broad SMARTS) is 1. The van der Waals surface area contributed by atoms with Crippen LogP contribution in [0.3, 0.4) is 0 Å². The van der Waals surface area contributed by atoms with Crippen LogP contribution in [-0.4, -0.2) is 20.9 Å². The summed E-state index contributed by atoms with van der Waals surface area (Å²) in [7, 11) is 0. The molecule has 0 aliphatic heterocycles. The number of hydrogen-bond donors (Lipinski definition) is 1. The van der Waals surface area contributed by atoms with E-state index in [4.69, 9.17) is 5.11 Å². The number of aromatic carboxylic acids is 1. The lowest BCUT2D eigenvalue weighted by Crippen LogP contribution is -2.13. The van der Waals surface area contributed by atoms with Crippen LogP contribution in [0, 0.1) is 11.8 Å². The van der Waals surface area contributed by atoms with E-state index in [9.17, 15) is 4.79 Å². The van der Waals surface area contributed by atoms with Crippen molar-refractivity contribution >= 4 is 5.97 Å². The molecule has 0 spiro atoms. The largest absolute Gasteiger partial charge is 0.478 e. The molecule has 0 bridgehead atoms. The molecule has 0 unspecified atom stereocenters. The normalized spacial score (nSPS) is 20.9. The molecule has 15 heavy (non-hydrogen) atoms. The molecule has 4 nitrogen and oxygen atoms in total. The Kier molecular flexibility index (Phi) is 1.84. The van der Waals surface area contributed by atoms with Crippen molar-refractivity contribution in [2.45, 2.75) is 31.7 Å². The van der Waals surface area contributed by atoms with Gasteiger partial charge in [0.15, 0.2) is 0 Å². The Hall–Kier alpha value is -1.32. The molecule has 1 aromatic rings. The van der Waals surface area contributed by atoms with Gasteiger partial charge in [0, 0.05) is 6.20 Å². The van der Waals surface area contributed by atoms with Gasteiger partial charge in [-0.15, -0.1) is 0 Å². The Morgan fingerprint density at radius 3 is 2.40 bits per heavy atom. The van der Waals surface area contributed by atoms with E-state index in [1.807, 2.05) is 4.68 Å². The quantitative estimate of drug-likeness (QED) is 0.819. The first-order valence-corrected chi connectivity index (χ1v) is 5.53. The Morgan fingerprint density at radius 1 is 1.40 bits per heavy atom. The van der Waals surface area contributed by atoms with Crippen LogP contribution in [0.15, 0.2) is 12.4 Å². The molecule has 2 saturated carbocycles. The van der Waals surface area contributed by atoms with Crippen molar-refractivity contribution in [1.29, 1.82) is 0 Å². The van der Waals surface area contributed by atoms with E-state index < -0.39 is 5.97 Å². The summed E-state index contributed by atoms with van der Waals surface area (Å²) in [5, 5.41) is 13.0. The van der Waals surface area contributed by atoms with Crippen LogP contribution in [0.25, 0.3) is 0 Å². The Labute approximate surface area is 87.9 Å². The molecule has 4 heteroatoms. The molecule has 80 valence electrons. The number of carbonyl (C=O) groups is 1. The van der Waals surface area contributed by atoms with Crippen molar-refractivity contribution in [2.24, 2.45) is 11.8 Å². The molecule has 2 fully saturated rings. The van der Waals surface area contributed by atoms with Crippen molar-refractivity contribution < 1.29 is 9.90 Å². The van der Waals surface area contributed by atoms with Gasteiger partial charge in [0.25, 0.3) is 0 Å². The highest BCUT2D eigenvalue weighted by atomic mass is 16.4. The first-order chi connectivity index (χ1) is 7.25. The molecule has 1 aromatic heterocycles. The second kappa shape index (κ2) is 3.08. The summed E-state index contributed by atoms with van der Waals surface area (Å²) in [6.45, 7) is 0. The summed E-state index contributed by atoms with van der Waals surface area (Å²) in [4.78, 5) is 10.8. The van der Waals surface area contributed by atoms with Crippen molar-refractivity contribution in [2.75, 3.05) is 0 Å². The molecule has 0 amide bonds. The Bertz CT molecular complexity index is 379. The van der Waals surface area contributed by atoms with E-state index in [-0.39, 0.29) is 0 Å². The molecule has 0 radical (unpaired) electrons. The van der Waals surface area contributed by atoms with Crippen molar-refractivity contribution in [3.8, 4) is 0 Å². The molecule has 2 aliphatic carbocycles. The van der Waals surface area contributed by atoms with Crippen LogP contribution in [0.2, 0.25) is 0 Å². The topological polar surface area (TPSA) is 55.1 Å². The van der Waals surface area contributed by atoms with Crippen LogP contribution in [0.1, 0.15) is 42.1 Å². The highest BCUT2D eigenvalue weighted by Gasteiger charge is 2.43. The average Bonchev–Trinajstić information content (AvgIpc) is 3.08. The highest BCUT2D eigenvalue weighted by Crippen LogP contribution is 2.51. The van der Waals surface area contributed by atoms with Crippen LogP contribution < -0.4 is 0 Å². The smallest absolute Gasteiger partial charge is 0.338 e. The SMILES string of the molecule is O=C(O)c1cnn(C(C2CC2)C2CC2)c1. The van der Waals surface area contributed by atoms with E-state index in [0.29, 0.717) is 11.6 Å². The van der Waals surface area contributed by atoms with Gasteiger partial charge in [-0.25, -0.2) is 4.79 Å². The molecule has 3 rings (SSSR count). The summed E-state index contributed by atoms with van der Waals surface area (Å²) in [5.74, 6) is 0.615. The summed E-state index contributed by atoms with van der Waals surface area (Å²) in [5.41, 5.74) is 0.307. The highest BCUT2D eigenvalue weighted by molar-refractivity contribution is 5.86. The predicted octanol–water partition coefficient (Wildman–Crippen LogP) is 1.94. The van der Waals surface area contributed by atoms with E-state index in [0.717, 1.165) is 11.8 Å². The predicted molar refractivity (Wildman–Crippen MR) is 53.7 cm³/mol. The molecule has 0 atom stereocenters. The van der Waals surface area contributed by atoms with E-state index >= 15 is 0 Å². The number of nitrogens with zero attached hydrogens (tertiary/aromatic N) is 2. The van der Waals surface area contributed by atoms with Gasteiger partial charge in [-0.2, -0.15) is 5.10 Å². The Balaban J connectivity index is 1.85. The number of carboxylic acids is 1. The minimum atomic E-state index is -0.883. The minimum Gasteiger partial charge on any atom is -0.478 e. The number of hydrogen-bond acceptors (Lipinski definition) is 2. The van der Waals surface area contributed by atoms with Crippen molar-refractivity contribution in [1.82, 2.24) is 9.78 Å². The summed E-state index contributed by atoms with van der Waals surface area (Å²) < 4.78 is 1.89. The third-order valence-electron chi connectivity index (χ3n) is 3.36. The molecule has 0 saturated heterocycles. The maximum absolute atomic E-state index is 10.8. The van der Waals surface area contributed by atoms with Gasteiger partial charge in [0.1, 0.15) is 0 Å². The van der Waals surface area contributed by atoms with Gasteiger partial charge in [-0.3, -0.25) is 4.68 Å². The van der Waals surface area contributed by atoms with Gasteiger partial charge in [0.2, 0.25) is 0 Å². The van der Waals surface area contributed by atoms with Crippen LogP contribution >= 0.6 is 0 Å². The molecule has 1 N–H and O–H groups in total. The minimum absolute atomic E-state index is 0.307. The monoisotopic (exact) mass is 206 g/mol. The summed E-state index contributed by atoms with van der Waals surface area (Å²) in [6, 6.07) is 0.470. The van der Waals surface area contributed by atoms with Gasteiger partial charge in [-0.1, -0.05) is 0 Å². The first kappa shape index (κ1) is 8.95. The summed E-state index contributed by atoms with van der Waals surface area (Å²) >= 11 is 0. The lowest BCUT2D eigenvalue weighted by molar-refractivity contribution is 0.0696. The second-order valence-corrected chi connectivity index (χ2v) is 4.68. The maximum Gasteiger partial charge on any atom is 0.338 e. The zero-order valence-electron chi connectivity index (χ0n) is 8.47. The second-order valence-electron chi connectivity index (χ2n) is 4.68. The fourth-order valence-corrected chi connectivity index (χ4v) is 2.30. The first-order valence-electron chi connectivity index (χ1n) is 5.53. The molecule has 1 heterocycles. The fraction of sp³-hybridized carbons (Fsp3) is 0.636. The zero-order chi connectivity index (χ0) is 10.4. The van der Waals surface area contributed by atoms with E-state index in [1.165, 1.54) is 31.9 Å². The summed E-state index contributed by atoms with van der Waals surface area (Å²) in [6.07, 6.45) is 8.27. The van der Waals surface area contributed by atoms with E-state index in [1.54, 1.807) is 6.20 Å². The Morgan fingerprint density at radius 2 is 2.00 bits per heavy atom. The zero-order valence-corrected chi connectivity index (χ0v) is 8.47. The third kappa shape index (κ3) is 1.64. The average molecular weight is 206 g/mol.